The Balaban J connectivity index is 0.000000158. The van der Waals surface area contributed by atoms with Gasteiger partial charge in [-0.05, 0) is 72.5 Å². The lowest BCUT2D eigenvalue weighted by Crippen LogP contribution is -1.88. The number of fused-ring (bicyclic) bond motifs is 2. The lowest BCUT2D eigenvalue weighted by molar-refractivity contribution is 0.630. The van der Waals surface area contributed by atoms with Gasteiger partial charge in [0.15, 0.2) is 0 Å². The molecule has 4 aromatic carbocycles. The molecule has 6 heterocycles. The number of nitrogens with zero attached hydrogens (tertiary/aromatic N) is 6. The van der Waals surface area contributed by atoms with Crippen molar-refractivity contribution in [1.82, 2.24) is 39.9 Å². The summed E-state index contributed by atoms with van der Waals surface area (Å²) in [5.41, 5.74) is 9.30. The Morgan fingerprint density at radius 2 is 0.984 bits per heavy atom. The summed E-state index contributed by atoms with van der Waals surface area (Å²) in [6.45, 7) is 8.63. The number of hydrogen-bond acceptors (Lipinski definition) is 8. The van der Waals surface area contributed by atoms with Crippen molar-refractivity contribution in [2.24, 2.45) is 0 Å². The van der Waals surface area contributed by atoms with Crippen molar-refractivity contribution in [3.63, 3.8) is 0 Å². The first-order valence-electron chi connectivity index (χ1n) is 19.7. The molecule has 10 rings (SSSR count). The molecule has 0 saturated carbocycles. The fourth-order valence-corrected chi connectivity index (χ4v) is 9.87. The molecule has 0 aliphatic rings. The van der Waals surface area contributed by atoms with Gasteiger partial charge in [-0.15, -0.1) is 22.7 Å². The van der Waals surface area contributed by atoms with Crippen molar-refractivity contribution >= 4 is 67.7 Å². The van der Waals surface area contributed by atoms with Gasteiger partial charge in [0, 0.05) is 67.5 Å². The van der Waals surface area contributed by atoms with Crippen LogP contribution in [-0.2, 0) is 0 Å². The highest BCUT2D eigenvalue weighted by Crippen LogP contribution is 2.41. The molecular weight excluding hydrogens is 862 g/mol. The van der Waals surface area contributed by atoms with E-state index < -0.39 is 0 Å². The number of nitrogens with one attached hydrogen (secondary N) is 2. The number of aromatic amines is 2. The molecule has 0 saturated heterocycles. The highest BCUT2D eigenvalue weighted by molar-refractivity contribution is 7.15. The standard InChI is InChI=1S/2C24H18ClFN4S/c2*1-13(2)23-22(30-24(31-23)20-12-27-8-9-28-20)14-6-7-18-15(10-14)11-19(29-18)21-16(25)4-3-5-17(21)26/h2*3-13,29H,1-2H3. The quantitative estimate of drug-likeness (QED) is 0.157. The van der Waals surface area contributed by atoms with Gasteiger partial charge in [-0.3, -0.25) is 19.9 Å². The summed E-state index contributed by atoms with van der Waals surface area (Å²) in [5, 5.41) is 4.38. The van der Waals surface area contributed by atoms with E-state index in [4.69, 9.17) is 33.2 Å². The van der Waals surface area contributed by atoms with Crippen molar-refractivity contribution < 1.29 is 8.78 Å². The topological polar surface area (TPSA) is 109 Å². The van der Waals surface area contributed by atoms with Crippen molar-refractivity contribution in [2.45, 2.75) is 39.5 Å². The maximum atomic E-state index is 14.4. The fraction of sp³-hybridized carbons (Fsp3) is 0.125. The first-order valence-corrected chi connectivity index (χ1v) is 22.1. The van der Waals surface area contributed by atoms with Crippen molar-refractivity contribution in [3.05, 3.63) is 154 Å². The Morgan fingerprint density at radius 1 is 0.548 bits per heavy atom. The Labute approximate surface area is 373 Å². The predicted octanol–water partition coefficient (Wildman–Crippen LogP) is 14.7. The third-order valence-corrected chi connectivity index (χ3v) is 13.6. The Morgan fingerprint density at radius 3 is 1.35 bits per heavy atom. The van der Waals surface area contributed by atoms with Crippen molar-refractivity contribution in [1.29, 1.82) is 0 Å². The van der Waals surface area contributed by atoms with Crippen molar-refractivity contribution in [2.75, 3.05) is 0 Å². The zero-order chi connectivity index (χ0) is 43.1. The molecule has 6 aromatic heterocycles. The highest BCUT2D eigenvalue weighted by atomic mass is 35.5. The van der Waals surface area contributed by atoms with Crippen LogP contribution in [0.15, 0.2) is 122 Å². The fourth-order valence-electron chi connectivity index (χ4n) is 7.24. The molecule has 0 fully saturated rings. The van der Waals surface area contributed by atoms with Gasteiger partial charge in [-0.1, -0.05) is 75.2 Å². The molecule has 0 aliphatic carbocycles. The molecule has 0 radical (unpaired) electrons. The van der Waals surface area contributed by atoms with Gasteiger partial charge in [-0.2, -0.15) is 0 Å². The molecule has 0 bridgehead atoms. The smallest absolute Gasteiger partial charge is 0.144 e. The SMILES string of the molecule is CC(C)c1sc(-c2cnccn2)nc1-c1ccc2[nH]c(-c3c(F)cccc3Cl)cc2c1.CC(C)c1sc(-c2cnccn2)nc1-c1ccc2[nH]c(-c3c(F)cccc3Cl)cc2c1. The molecule has 0 unspecified atom stereocenters. The third kappa shape index (κ3) is 8.14. The van der Waals surface area contributed by atoms with Gasteiger partial charge in [0.05, 0.1) is 56.3 Å². The summed E-state index contributed by atoms with van der Waals surface area (Å²) in [6.07, 6.45) is 10.1. The maximum absolute atomic E-state index is 14.4. The minimum absolute atomic E-state index is 0.313. The van der Waals surface area contributed by atoms with Gasteiger partial charge in [-0.25, -0.2) is 18.7 Å². The normalized spacial score (nSPS) is 11.5. The first-order chi connectivity index (χ1) is 30.0. The van der Waals surface area contributed by atoms with Crippen LogP contribution in [-0.4, -0.2) is 39.9 Å². The van der Waals surface area contributed by atoms with Gasteiger partial charge >= 0.3 is 0 Å². The van der Waals surface area contributed by atoms with E-state index in [0.29, 0.717) is 44.4 Å². The molecule has 308 valence electrons. The molecule has 2 N–H and O–H groups in total. The van der Waals surface area contributed by atoms with Crippen LogP contribution in [0.2, 0.25) is 10.0 Å². The van der Waals surface area contributed by atoms with Crippen LogP contribution in [0.1, 0.15) is 49.3 Å². The Bertz CT molecular complexity index is 2960. The molecule has 0 atom stereocenters. The monoisotopic (exact) mass is 896 g/mol. The number of rotatable bonds is 8. The lowest BCUT2D eigenvalue weighted by atomic mass is 10.0. The van der Waals surface area contributed by atoms with E-state index >= 15 is 0 Å². The molecule has 10 aromatic rings. The highest BCUT2D eigenvalue weighted by Gasteiger charge is 2.21. The van der Waals surface area contributed by atoms with Crippen LogP contribution in [0.5, 0.6) is 0 Å². The van der Waals surface area contributed by atoms with Gasteiger partial charge in [0.25, 0.3) is 0 Å². The zero-order valence-corrected chi connectivity index (χ0v) is 36.9. The van der Waals surface area contributed by atoms with Gasteiger partial charge in [0.1, 0.15) is 33.0 Å². The maximum Gasteiger partial charge on any atom is 0.144 e. The van der Waals surface area contributed by atoms with Crippen LogP contribution < -0.4 is 0 Å². The second-order valence-corrected chi connectivity index (χ2v) is 18.0. The molecule has 62 heavy (non-hydrogen) atoms. The van der Waals surface area contributed by atoms with Gasteiger partial charge < -0.3 is 9.97 Å². The Kier molecular flexibility index (Phi) is 11.5. The summed E-state index contributed by atoms with van der Waals surface area (Å²) in [7, 11) is 0. The minimum Gasteiger partial charge on any atom is -0.354 e. The van der Waals surface area contributed by atoms with E-state index in [1.807, 2.05) is 36.4 Å². The van der Waals surface area contributed by atoms with Crippen molar-refractivity contribution in [3.8, 4) is 66.4 Å². The van der Waals surface area contributed by atoms with E-state index in [0.717, 1.165) is 65.7 Å². The number of thiazole rings is 2. The molecule has 0 aliphatic heterocycles. The summed E-state index contributed by atoms with van der Waals surface area (Å²) in [5.74, 6) is -0.0794. The number of H-pyrrole nitrogens is 2. The summed E-state index contributed by atoms with van der Waals surface area (Å²) < 4.78 is 28.8. The van der Waals surface area contributed by atoms with Crippen LogP contribution >= 0.6 is 45.9 Å². The number of aromatic nitrogens is 8. The molecule has 0 spiro atoms. The van der Waals surface area contributed by atoms with Crippen LogP contribution in [0.25, 0.3) is 88.2 Å². The van der Waals surface area contributed by atoms with E-state index in [1.165, 1.54) is 21.9 Å². The molecule has 14 heteroatoms. The third-order valence-electron chi connectivity index (χ3n) is 10.2. The summed E-state index contributed by atoms with van der Waals surface area (Å²) >= 11 is 15.8. The van der Waals surface area contributed by atoms with E-state index in [1.54, 1.807) is 84.1 Å². The first kappa shape index (κ1) is 41.2. The van der Waals surface area contributed by atoms with E-state index in [9.17, 15) is 8.78 Å². The number of hydrogen-bond donors (Lipinski definition) is 2. The van der Waals surface area contributed by atoms with Crippen LogP contribution in [0.4, 0.5) is 8.78 Å². The lowest BCUT2D eigenvalue weighted by Gasteiger charge is -2.05. The second-order valence-electron chi connectivity index (χ2n) is 15.1. The molecule has 8 nitrogen and oxygen atoms in total. The zero-order valence-electron chi connectivity index (χ0n) is 33.7. The number of halogens is 4. The van der Waals surface area contributed by atoms with E-state index in [2.05, 4.69) is 69.7 Å². The predicted molar refractivity (Wildman–Crippen MR) is 250 cm³/mol. The van der Waals surface area contributed by atoms with Crippen LogP contribution in [0, 0.1) is 11.6 Å². The average Bonchev–Trinajstić information content (AvgIpc) is 4.09. The molecular formula is C48H36Cl2F2N8S2. The Hall–Kier alpha value is -6.18. The van der Waals surface area contributed by atoms with E-state index in [-0.39, 0.29) is 11.6 Å². The van der Waals surface area contributed by atoms with Gasteiger partial charge in [0.2, 0.25) is 0 Å². The minimum atomic E-state index is -0.352. The largest absolute Gasteiger partial charge is 0.354 e. The average molecular weight is 898 g/mol. The molecule has 0 amide bonds. The van der Waals surface area contributed by atoms with Crippen LogP contribution in [0.3, 0.4) is 0 Å². The number of benzene rings is 4. The summed E-state index contributed by atoms with van der Waals surface area (Å²) in [4.78, 5) is 35.8. The second kappa shape index (κ2) is 17.3. The summed E-state index contributed by atoms with van der Waals surface area (Å²) in [6, 6.07) is 25.5.